The molecule has 6 aromatic rings. The van der Waals surface area contributed by atoms with Crippen LogP contribution in [0.1, 0.15) is 39.6 Å². The van der Waals surface area contributed by atoms with E-state index in [2.05, 4.69) is 79.7 Å². The van der Waals surface area contributed by atoms with Crippen LogP contribution in [0.5, 0.6) is 0 Å². The molecule has 7 rings (SSSR count). The maximum atomic E-state index is 2.44. The minimum Gasteiger partial charge on any atom is -0.140 e. The first-order chi connectivity index (χ1) is 15.7. The van der Waals surface area contributed by atoms with Crippen LogP contribution in [0.15, 0.2) is 72.8 Å². The van der Waals surface area contributed by atoms with E-state index < -0.39 is 0 Å². The summed E-state index contributed by atoms with van der Waals surface area (Å²) in [5.41, 5.74) is 2.76. The molecule has 0 aliphatic heterocycles. The largest absolute Gasteiger partial charge is 0.140 e. The second-order valence-corrected chi connectivity index (χ2v) is 11.6. The molecular formula is C30H24S2. The molecule has 0 spiro atoms. The highest BCUT2D eigenvalue weighted by molar-refractivity contribution is 7.20. The number of aryl methyl sites for hydroxylation is 3. The third-order valence-electron chi connectivity index (χ3n) is 6.95. The zero-order valence-electron chi connectivity index (χ0n) is 18.2. The maximum Gasteiger partial charge on any atom is 0.0424 e. The molecule has 1 aliphatic rings. The van der Waals surface area contributed by atoms with Gasteiger partial charge in [0.2, 0.25) is 0 Å². The van der Waals surface area contributed by atoms with Gasteiger partial charge in [-0.3, -0.25) is 0 Å². The van der Waals surface area contributed by atoms with Crippen molar-refractivity contribution < 1.29 is 0 Å². The second kappa shape index (κ2) is 7.16. The van der Waals surface area contributed by atoms with Gasteiger partial charge in [0.1, 0.15) is 0 Å². The lowest BCUT2D eigenvalue weighted by atomic mass is 10.0. The Bertz CT molecular complexity index is 1630. The minimum absolute atomic E-state index is 0.826. The van der Waals surface area contributed by atoms with Crippen LogP contribution in [-0.4, -0.2) is 0 Å². The molecule has 0 bridgehead atoms. The van der Waals surface area contributed by atoms with E-state index in [1.54, 1.807) is 4.88 Å². The fourth-order valence-corrected chi connectivity index (χ4v) is 7.47. The summed E-state index contributed by atoms with van der Waals surface area (Å²) in [5, 5.41) is 8.36. The first-order valence-electron chi connectivity index (χ1n) is 11.6. The van der Waals surface area contributed by atoms with Crippen molar-refractivity contribution in [1.29, 1.82) is 0 Å². The molecule has 2 heteroatoms. The number of fused-ring (bicyclic) bond motifs is 6. The van der Waals surface area contributed by atoms with Gasteiger partial charge in [0.15, 0.2) is 0 Å². The summed E-state index contributed by atoms with van der Waals surface area (Å²) in [6.07, 6.45) is 4.96. The minimum atomic E-state index is 0.826. The molecule has 0 unspecified atom stereocenters. The molecule has 0 amide bonds. The van der Waals surface area contributed by atoms with Crippen molar-refractivity contribution >= 4 is 64.4 Å². The summed E-state index contributed by atoms with van der Waals surface area (Å²) in [6.45, 7) is 2.15. The van der Waals surface area contributed by atoms with Crippen LogP contribution in [0.25, 0.3) is 41.7 Å². The van der Waals surface area contributed by atoms with Crippen molar-refractivity contribution in [2.24, 2.45) is 0 Å². The molecule has 0 radical (unpaired) electrons. The summed E-state index contributed by atoms with van der Waals surface area (Å²) in [5.74, 6) is 0.826. The normalized spacial score (nSPS) is 14.3. The quantitative estimate of drug-likeness (QED) is 0.236. The number of thiophene rings is 2. The van der Waals surface area contributed by atoms with Gasteiger partial charge in [0.25, 0.3) is 0 Å². The Kier molecular flexibility index (Phi) is 4.22. The monoisotopic (exact) mass is 448 g/mol. The molecule has 0 nitrogen and oxygen atoms in total. The average Bonchev–Trinajstić information content (AvgIpc) is 3.42. The lowest BCUT2D eigenvalue weighted by Gasteiger charge is -2.05. The molecule has 0 N–H and O–H groups in total. The van der Waals surface area contributed by atoms with Gasteiger partial charge in [0.05, 0.1) is 0 Å². The molecule has 156 valence electrons. The summed E-state index contributed by atoms with van der Waals surface area (Å²) < 4.78 is 2.91. The fraction of sp³-hybridized carbons (Fsp3) is 0.200. The van der Waals surface area contributed by atoms with Crippen molar-refractivity contribution in [2.45, 2.75) is 38.5 Å². The SMILES string of the molecule is Cc1ccc(CCc2cc3ccc4cc5c(ccc6cc(C7CC7)sc65)cc4c3s2)cc1. The van der Waals surface area contributed by atoms with Gasteiger partial charge in [-0.1, -0.05) is 54.1 Å². The number of hydrogen-bond acceptors (Lipinski definition) is 2. The summed E-state index contributed by atoms with van der Waals surface area (Å²) in [7, 11) is 0. The molecule has 0 saturated heterocycles. The summed E-state index contributed by atoms with van der Waals surface area (Å²) in [6, 6.07) is 28.0. The Morgan fingerprint density at radius 1 is 0.656 bits per heavy atom. The Balaban J connectivity index is 1.31. The van der Waals surface area contributed by atoms with Gasteiger partial charge < -0.3 is 0 Å². The highest BCUT2D eigenvalue weighted by atomic mass is 32.1. The van der Waals surface area contributed by atoms with Crippen molar-refractivity contribution in [3.8, 4) is 0 Å². The number of hydrogen-bond donors (Lipinski definition) is 0. The Morgan fingerprint density at radius 3 is 1.97 bits per heavy atom. The molecule has 2 heterocycles. The van der Waals surface area contributed by atoms with Crippen molar-refractivity contribution in [3.63, 3.8) is 0 Å². The van der Waals surface area contributed by atoms with Gasteiger partial charge in [-0.2, -0.15) is 0 Å². The lowest BCUT2D eigenvalue weighted by molar-refractivity contribution is 0.980. The Morgan fingerprint density at radius 2 is 1.28 bits per heavy atom. The highest BCUT2D eigenvalue weighted by Crippen LogP contribution is 2.47. The molecular weight excluding hydrogens is 424 g/mol. The maximum absolute atomic E-state index is 2.44. The Labute approximate surface area is 196 Å². The molecule has 1 aliphatic carbocycles. The number of benzene rings is 4. The molecule has 2 aromatic heterocycles. The summed E-state index contributed by atoms with van der Waals surface area (Å²) >= 11 is 4.00. The fourth-order valence-electron chi connectivity index (χ4n) is 4.93. The van der Waals surface area contributed by atoms with E-state index in [1.807, 2.05) is 22.7 Å². The first-order valence-corrected chi connectivity index (χ1v) is 13.2. The second-order valence-electron chi connectivity index (χ2n) is 9.38. The van der Waals surface area contributed by atoms with Gasteiger partial charge >= 0.3 is 0 Å². The van der Waals surface area contributed by atoms with Crippen LogP contribution in [0.2, 0.25) is 0 Å². The van der Waals surface area contributed by atoms with E-state index in [0.717, 1.165) is 18.8 Å². The van der Waals surface area contributed by atoms with Crippen LogP contribution in [-0.2, 0) is 12.8 Å². The first kappa shape index (κ1) is 18.8. The van der Waals surface area contributed by atoms with Gasteiger partial charge in [-0.25, -0.2) is 0 Å². The van der Waals surface area contributed by atoms with Crippen molar-refractivity contribution in [2.75, 3.05) is 0 Å². The van der Waals surface area contributed by atoms with E-state index in [-0.39, 0.29) is 0 Å². The highest BCUT2D eigenvalue weighted by Gasteiger charge is 2.25. The van der Waals surface area contributed by atoms with Crippen LogP contribution < -0.4 is 0 Å². The van der Waals surface area contributed by atoms with Gasteiger partial charge in [-0.05, 0) is 89.9 Å². The van der Waals surface area contributed by atoms with Crippen molar-refractivity contribution in [3.05, 3.63) is 93.7 Å². The van der Waals surface area contributed by atoms with Crippen LogP contribution in [0, 0.1) is 6.92 Å². The third kappa shape index (κ3) is 3.17. The smallest absolute Gasteiger partial charge is 0.0424 e. The lowest BCUT2D eigenvalue weighted by Crippen LogP contribution is -1.88. The van der Waals surface area contributed by atoms with E-state index in [0.29, 0.717) is 0 Å². The van der Waals surface area contributed by atoms with Gasteiger partial charge in [0, 0.05) is 29.9 Å². The zero-order chi connectivity index (χ0) is 21.2. The van der Waals surface area contributed by atoms with E-state index in [1.165, 1.54) is 70.6 Å². The zero-order valence-corrected chi connectivity index (χ0v) is 19.8. The van der Waals surface area contributed by atoms with Crippen LogP contribution in [0.4, 0.5) is 0 Å². The van der Waals surface area contributed by atoms with Crippen LogP contribution >= 0.6 is 22.7 Å². The van der Waals surface area contributed by atoms with Crippen LogP contribution in [0.3, 0.4) is 0 Å². The molecule has 1 fully saturated rings. The predicted octanol–water partition coefficient (Wildman–Crippen LogP) is 9.39. The summed E-state index contributed by atoms with van der Waals surface area (Å²) in [4.78, 5) is 3.07. The van der Waals surface area contributed by atoms with Gasteiger partial charge in [-0.15, -0.1) is 22.7 Å². The molecule has 32 heavy (non-hydrogen) atoms. The Hall–Kier alpha value is -2.68. The molecule has 4 aromatic carbocycles. The predicted molar refractivity (Wildman–Crippen MR) is 143 cm³/mol. The number of rotatable bonds is 4. The third-order valence-corrected chi connectivity index (χ3v) is 9.54. The molecule has 0 atom stereocenters. The van der Waals surface area contributed by atoms with E-state index >= 15 is 0 Å². The average molecular weight is 449 g/mol. The van der Waals surface area contributed by atoms with E-state index in [4.69, 9.17) is 0 Å². The van der Waals surface area contributed by atoms with E-state index in [9.17, 15) is 0 Å². The topological polar surface area (TPSA) is 0 Å². The molecule has 1 saturated carbocycles. The standard InChI is InChI=1S/C30H24S2/c1-18-2-4-19(5-3-18)6-13-25-14-23-11-9-21-16-27-22(15-26(21)29(23)31-25)10-12-24-17-28(20-7-8-20)32-30(24)27/h2-5,9-12,14-17,20H,6-8,13H2,1H3. The van der Waals surface area contributed by atoms with Crippen molar-refractivity contribution in [1.82, 2.24) is 0 Å².